The lowest BCUT2D eigenvalue weighted by molar-refractivity contribution is -0.138. The summed E-state index contributed by atoms with van der Waals surface area (Å²) in [7, 11) is 0. The van der Waals surface area contributed by atoms with Crippen LogP contribution in [-0.4, -0.2) is 38.8 Å². The Labute approximate surface area is 202 Å². The first kappa shape index (κ1) is 26.2. The van der Waals surface area contributed by atoms with E-state index in [1.807, 2.05) is 31.2 Å². The number of ether oxygens (including phenoxy) is 1. The number of morpholine rings is 1. The summed E-state index contributed by atoms with van der Waals surface area (Å²) in [6.45, 7) is 5.57. The zero-order valence-electron chi connectivity index (χ0n) is 17.7. The number of nitrogens with one attached hydrogen (secondary N) is 2. The third-order valence-corrected chi connectivity index (χ3v) is 4.92. The molecule has 2 aromatic carbocycles. The minimum Gasteiger partial charge on any atom is -0.378 e. The third kappa shape index (κ3) is 7.22. The van der Waals surface area contributed by atoms with Gasteiger partial charge in [-0.1, -0.05) is 24.3 Å². The maximum absolute atomic E-state index is 13.3. The van der Waals surface area contributed by atoms with E-state index in [0.717, 1.165) is 36.5 Å². The molecule has 0 unspecified atom stereocenters. The predicted molar refractivity (Wildman–Crippen MR) is 128 cm³/mol. The third-order valence-electron chi connectivity index (χ3n) is 4.92. The second-order valence-electron chi connectivity index (χ2n) is 7.08. The molecule has 0 aliphatic carbocycles. The average molecular weight is 566 g/mol. The van der Waals surface area contributed by atoms with Gasteiger partial charge in [-0.05, 0) is 36.2 Å². The molecular formula is C22H27F4IN4O. The monoisotopic (exact) mass is 566 g/mol. The van der Waals surface area contributed by atoms with Crippen molar-refractivity contribution in [2.45, 2.75) is 26.2 Å². The van der Waals surface area contributed by atoms with Gasteiger partial charge >= 0.3 is 6.18 Å². The summed E-state index contributed by atoms with van der Waals surface area (Å²) in [5.74, 6) is -0.534. The maximum Gasteiger partial charge on any atom is 0.416 e. The maximum atomic E-state index is 13.3. The van der Waals surface area contributed by atoms with Crippen LogP contribution in [0.1, 0.15) is 23.6 Å². The highest BCUT2D eigenvalue weighted by Crippen LogP contribution is 2.32. The van der Waals surface area contributed by atoms with Gasteiger partial charge in [0.25, 0.3) is 0 Å². The topological polar surface area (TPSA) is 48.9 Å². The molecule has 10 heteroatoms. The lowest BCUT2D eigenvalue weighted by atomic mass is 10.1. The summed E-state index contributed by atoms with van der Waals surface area (Å²) in [6, 6.07) is 10.6. The number of nitrogens with zero attached hydrogens (tertiary/aromatic N) is 2. The highest BCUT2D eigenvalue weighted by Gasteiger charge is 2.33. The van der Waals surface area contributed by atoms with Crippen LogP contribution in [0.2, 0.25) is 0 Å². The minimum atomic E-state index is -4.63. The lowest BCUT2D eigenvalue weighted by Crippen LogP contribution is -2.38. The highest BCUT2D eigenvalue weighted by molar-refractivity contribution is 14.0. The molecule has 0 aromatic heterocycles. The zero-order chi connectivity index (χ0) is 22.3. The summed E-state index contributed by atoms with van der Waals surface area (Å²) in [4.78, 5) is 6.78. The van der Waals surface area contributed by atoms with E-state index < -0.39 is 17.6 Å². The molecule has 2 aromatic rings. The molecule has 1 saturated heterocycles. The fraction of sp³-hybridized carbons (Fsp3) is 0.409. The van der Waals surface area contributed by atoms with Crippen LogP contribution < -0.4 is 15.5 Å². The molecule has 0 saturated carbocycles. The van der Waals surface area contributed by atoms with Gasteiger partial charge in [-0.15, -0.1) is 24.0 Å². The number of hydrogen-bond acceptors (Lipinski definition) is 3. The number of aliphatic imine (C=N–C) groups is 1. The number of rotatable bonds is 6. The summed E-state index contributed by atoms with van der Waals surface area (Å²) in [5.41, 5.74) is 1.05. The van der Waals surface area contributed by atoms with Gasteiger partial charge < -0.3 is 20.3 Å². The Kier molecular flexibility index (Phi) is 10.0. The quantitative estimate of drug-likeness (QED) is 0.233. The van der Waals surface area contributed by atoms with Crippen molar-refractivity contribution in [3.05, 3.63) is 65.0 Å². The Morgan fingerprint density at radius 1 is 1.06 bits per heavy atom. The Bertz CT molecular complexity index is 902. The van der Waals surface area contributed by atoms with Crippen molar-refractivity contribution in [2.24, 2.45) is 4.99 Å². The molecule has 1 fully saturated rings. The van der Waals surface area contributed by atoms with Gasteiger partial charge in [0, 0.05) is 31.9 Å². The summed E-state index contributed by atoms with van der Waals surface area (Å²) in [5, 5.41) is 5.96. The molecule has 176 valence electrons. The first-order valence-corrected chi connectivity index (χ1v) is 10.2. The fourth-order valence-electron chi connectivity index (χ4n) is 3.41. The number of hydrogen-bond donors (Lipinski definition) is 2. The van der Waals surface area contributed by atoms with Gasteiger partial charge in [-0.3, -0.25) is 0 Å². The van der Waals surface area contributed by atoms with Gasteiger partial charge in [0.05, 0.1) is 25.3 Å². The number of halogens is 5. The van der Waals surface area contributed by atoms with Crippen molar-refractivity contribution in [3.8, 4) is 0 Å². The Hall–Kier alpha value is -2.08. The summed E-state index contributed by atoms with van der Waals surface area (Å²) in [6.07, 6.45) is -4.63. The van der Waals surface area contributed by atoms with Crippen LogP contribution >= 0.6 is 24.0 Å². The Morgan fingerprint density at radius 3 is 2.47 bits per heavy atom. The van der Waals surface area contributed by atoms with E-state index in [1.165, 1.54) is 0 Å². The smallest absolute Gasteiger partial charge is 0.378 e. The summed E-state index contributed by atoms with van der Waals surface area (Å²) < 4.78 is 58.5. The first-order chi connectivity index (χ1) is 14.9. The molecule has 0 radical (unpaired) electrons. The van der Waals surface area contributed by atoms with Gasteiger partial charge in [0.1, 0.15) is 5.82 Å². The van der Waals surface area contributed by atoms with E-state index >= 15 is 0 Å². The van der Waals surface area contributed by atoms with Crippen molar-refractivity contribution < 1.29 is 22.3 Å². The van der Waals surface area contributed by atoms with Gasteiger partial charge in [-0.25, -0.2) is 9.38 Å². The predicted octanol–water partition coefficient (Wildman–Crippen LogP) is 4.55. The van der Waals surface area contributed by atoms with Crippen molar-refractivity contribution >= 4 is 35.6 Å². The highest BCUT2D eigenvalue weighted by atomic mass is 127. The molecule has 3 rings (SSSR count). The van der Waals surface area contributed by atoms with E-state index in [9.17, 15) is 17.6 Å². The van der Waals surface area contributed by atoms with Gasteiger partial charge in [-0.2, -0.15) is 13.2 Å². The van der Waals surface area contributed by atoms with Gasteiger partial charge in [0.2, 0.25) is 0 Å². The lowest BCUT2D eigenvalue weighted by Gasteiger charge is -2.30. The van der Waals surface area contributed by atoms with Crippen LogP contribution in [0.5, 0.6) is 0 Å². The largest absolute Gasteiger partial charge is 0.416 e. The van der Waals surface area contributed by atoms with E-state index in [2.05, 4.69) is 20.5 Å². The van der Waals surface area contributed by atoms with Gasteiger partial charge in [0.15, 0.2) is 5.96 Å². The summed E-state index contributed by atoms with van der Waals surface area (Å²) >= 11 is 0. The van der Waals surface area contributed by atoms with E-state index in [-0.39, 0.29) is 36.1 Å². The van der Waals surface area contributed by atoms with Crippen LogP contribution in [0.25, 0.3) is 0 Å². The first-order valence-electron chi connectivity index (χ1n) is 10.2. The van der Waals surface area contributed by atoms with Crippen molar-refractivity contribution in [3.63, 3.8) is 0 Å². The molecule has 0 amide bonds. The number of alkyl halides is 3. The minimum absolute atomic E-state index is 0. The van der Waals surface area contributed by atoms with Crippen molar-refractivity contribution in [1.29, 1.82) is 0 Å². The van der Waals surface area contributed by atoms with Crippen molar-refractivity contribution in [2.75, 3.05) is 37.7 Å². The molecule has 0 spiro atoms. The Morgan fingerprint density at radius 2 is 1.78 bits per heavy atom. The molecule has 5 nitrogen and oxygen atoms in total. The SMILES string of the molecule is CCNC(=NCc1ccccc1N1CCOCC1)NCc1ccc(F)cc1C(F)(F)F.I. The molecule has 1 heterocycles. The normalized spacial score (nSPS) is 14.7. The standard InChI is InChI=1S/C22H26F4N4O.HI/c1-2-27-21(28-14-16-7-8-18(23)13-19(16)22(24,25)26)29-15-17-5-3-4-6-20(17)30-9-11-31-12-10-30;/h3-8,13H,2,9-12,14-15H2,1H3,(H2,27,28,29);1H. The number of guanidine groups is 1. The van der Waals surface area contributed by atoms with E-state index in [4.69, 9.17) is 4.74 Å². The van der Waals surface area contributed by atoms with Crippen molar-refractivity contribution in [1.82, 2.24) is 10.6 Å². The Balaban J connectivity index is 0.00000363. The molecular weight excluding hydrogens is 539 g/mol. The van der Waals surface area contributed by atoms with Crippen LogP contribution in [0.3, 0.4) is 0 Å². The van der Waals surface area contributed by atoms with Crippen LogP contribution in [0.15, 0.2) is 47.5 Å². The second-order valence-corrected chi connectivity index (χ2v) is 7.08. The average Bonchev–Trinajstić information content (AvgIpc) is 2.76. The van der Waals surface area contributed by atoms with E-state index in [1.54, 1.807) is 0 Å². The molecule has 1 aliphatic rings. The fourth-order valence-corrected chi connectivity index (χ4v) is 3.41. The van der Waals surface area contributed by atoms with Crippen LogP contribution in [-0.2, 0) is 24.0 Å². The molecule has 2 N–H and O–H groups in total. The molecule has 0 atom stereocenters. The second kappa shape index (κ2) is 12.2. The zero-order valence-corrected chi connectivity index (χ0v) is 20.0. The van der Waals surface area contributed by atoms with Crippen LogP contribution in [0.4, 0.5) is 23.2 Å². The number of anilines is 1. The molecule has 1 aliphatic heterocycles. The number of para-hydroxylation sites is 1. The van der Waals surface area contributed by atoms with E-state index in [0.29, 0.717) is 38.3 Å². The molecule has 32 heavy (non-hydrogen) atoms. The molecule has 0 bridgehead atoms. The number of benzene rings is 2. The van der Waals surface area contributed by atoms with Crippen LogP contribution in [0, 0.1) is 5.82 Å².